The molecule has 18 heavy (non-hydrogen) atoms. The third-order valence-corrected chi connectivity index (χ3v) is 4.40. The highest BCUT2D eigenvalue weighted by Crippen LogP contribution is 2.26. The van der Waals surface area contributed by atoms with Crippen LogP contribution < -0.4 is 0 Å². The summed E-state index contributed by atoms with van der Waals surface area (Å²) in [4.78, 5) is 37.7. The summed E-state index contributed by atoms with van der Waals surface area (Å²) in [5.41, 5.74) is 0. The monoisotopic (exact) mass is 272 g/mol. The predicted octanol–water partition coefficient (Wildman–Crippen LogP) is -0.0166. The number of carboxylic acids is 1. The molecule has 2 aliphatic heterocycles. The van der Waals surface area contributed by atoms with Crippen molar-refractivity contribution in [2.24, 2.45) is 0 Å². The number of rotatable bonds is 2. The van der Waals surface area contributed by atoms with Crippen LogP contribution in [0.4, 0.5) is 0 Å². The summed E-state index contributed by atoms with van der Waals surface area (Å²) in [6.07, 6.45) is 1.21. The lowest BCUT2D eigenvalue weighted by molar-refractivity contribution is -0.151. The largest absolute Gasteiger partial charge is 0.480 e. The third-order valence-electron chi connectivity index (χ3n) is 3.39. The van der Waals surface area contributed by atoms with Gasteiger partial charge in [0, 0.05) is 19.2 Å². The third kappa shape index (κ3) is 2.31. The number of amides is 2. The van der Waals surface area contributed by atoms with Crippen LogP contribution in [-0.2, 0) is 14.4 Å². The van der Waals surface area contributed by atoms with Crippen molar-refractivity contribution in [3.8, 4) is 0 Å². The number of likely N-dealkylation sites (tertiary alicyclic amines) is 1. The lowest BCUT2D eigenvalue weighted by Gasteiger charge is -2.28. The maximum absolute atomic E-state index is 12.3. The van der Waals surface area contributed by atoms with Gasteiger partial charge in [-0.1, -0.05) is 0 Å². The second-order valence-corrected chi connectivity index (χ2v) is 5.53. The Morgan fingerprint density at radius 3 is 2.56 bits per heavy atom. The molecule has 1 N–H and O–H groups in total. The highest BCUT2D eigenvalue weighted by molar-refractivity contribution is 7.99. The maximum atomic E-state index is 12.3. The van der Waals surface area contributed by atoms with E-state index in [9.17, 15) is 14.4 Å². The fourth-order valence-corrected chi connectivity index (χ4v) is 3.65. The molecule has 2 aliphatic rings. The van der Waals surface area contributed by atoms with Crippen LogP contribution in [0, 0.1) is 0 Å². The standard InChI is InChI=1S/C11H16N2O4S/c1-7(14)13-6-18-5-9(13)10(15)12-4-2-3-8(12)11(16)17/h8-9H,2-6H2,1H3,(H,16,17). The Labute approximate surface area is 109 Å². The summed E-state index contributed by atoms with van der Waals surface area (Å²) in [5.74, 6) is -0.246. The number of carbonyl (C=O) groups excluding carboxylic acids is 2. The van der Waals surface area contributed by atoms with E-state index in [2.05, 4.69) is 0 Å². The van der Waals surface area contributed by atoms with Gasteiger partial charge in [0.25, 0.3) is 0 Å². The number of carbonyl (C=O) groups is 3. The molecule has 0 saturated carbocycles. The van der Waals surface area contributed by atoms with Crippen molar-refractivity contribution in [3.05, 3.63) is 0 Å². The first-order valence-electron chi connectivity index (χ1n) is 5.90. The fraction of sp³-hybridized carbons (Fsp3) is 0.727. The molecule has 0 aromatic rings. The molecule has 2 rings (SSSR count). The van der Waals surface area contributed by atoms with Crippen LogP contribution in [0.25, 0.3) is 0 Å². The quantitative estimate of drug-likeness (QED) is 0.764. The normalized spacial score (nSPS) is 27.6. The first kappa shape index (κ1) is 13.2. The number of aliphatic carboxylic acids is 1. The topological polar surface area (TPSA) is 77.9 Å². The lowest BCUT2D eigenvalue weighted by atomic mass is 10.2. The first-order chi connectivity index (χ1) is 8.52. The van der Waals surface area contributed by atoms with Gasteiger partial charge in [0.1, 0.15) is 12.1 Å². The van der Waals surface area contributed by atoms with Crippen LogP contribution in [0.2, 0.25) is 0 Å². The molecule has 2 fully saturated rings. The van der Waals surface area contributed by atoms with Gasteiger partial charge in [0.05, 0.1) is 5.88 Å². The molecule has 2 heterocycles. The molecular formula is C11H16N2O4S. The molecule has 0 aliphatic carbocycles. The highest BCUT2D eigenvalue weighted by Gasteiger charge is 2.41. The minimum absolute atomic E-state index is 0.135. The number of hydrogen-bond donors (Lipinski definition) is 1. The molecule has 0 bridgehead atoms. The summed E-state index contributed by atoms with van der Waals surface area (Å²) >= 11 is 1.53. The highest BCUT2D eigenvalue weighted by atomic mass is 32.2. The summed E-state index contributed by atoms with van der Waals surface area (Å²) in [6.45, 7) is 1.91. The maximum Gasteiger partial charge on any atom is 0.326 e. The number of thioether (sulfide) groups is 1. The minimum atomic E-state index is -0.958. The van der Waals surface area contributed by atoms with Crippen LogP contribution in [0.5, 0.6) is 0 Å². The number of nitrogens with zero attached hydrogens (tertiary/aromatic N) is 2. The van der Waals surface area contributed by atoms with Crippen molar-refractivity contribution in [2.45, 2.75) is 31.8 Å². The Morgan fingerprint density at radius 1 is 1.22 bits per heavy atom. The first-order valence-corrected chi connectivity index (χ1v) is 7.06. The molecule has 2 saturated heterocycles. The second kappa shape index (κ2) is 5.17. The lowest BCUT2D eigenvalue weighted by Crippen LogP contribution is -2.51. The zero-order valence-electron chi connectivity index (χ0n) is 10.2. The van der Waals surface area contributed by atoms with Gasteiger partial charge in [-0.15, -0.1) is 11.8 Å². The summed E-state index contributed by atoms with van der Waals surface area (Å²) in [6, 6.07) is -1.22. The van der Waals surface area contributed by atoms with Crippen molar-refractivity contribution in [1.82, 2.24) is 9.80 Å². The Kier molecular flexibility index (Phi) is 3.79. The fourth-order valence-electron chi connectivity index (χ4n) is 2.44. The van der Waals surface area contributed by atoms with Gasteiger partial charge in [0.2, 0.25) is 11.8 Å². The van der Waals surface area contributed by atoms with Gasteiger partial charge in [-0.2, -0.15) is 0 Å². The van der Waals surface area contributed by atoms with Crippen molar-refractivity contribution in [2.75, 3.05) is 18.2 Å². The molecule has 0 aromatic carbocycles. The summed E-state index contributed by atoms with van der Waals surface area (Å²) < 4.78 is 0. The Hall–Kier alpha value is -1.24. The van der Waals surface area contributed by atoms with Crippen LogP contribution in [0.3, 0.4) is 0 Å². The van der Waals surface area contributed by atoms with E-state index in [0.29, 0.717) is 31.0 Å². The van der Waals surface area contributed by atoms with Crippen molar-refractivity contribution in [1.29, 1.82) is 0 Å². The predicted molar refractivity (Wildman–Crippen MR) is 66.0 cm³/mol. The van der Waals surface area contributed by atoms with Crippen molar-refractivity contribution in [3.63, 3.8) is 0 Å². The van der Waals surface area contributed by atoms with Gasteiger partial charge >= 0.3 is 5.97 Å². The van der Waals surface area contributed by atoms with E-state index >= 15 is 0 Å². The number of hydrogen-bond acceptors (Lipinski definition) is 4. The molecule has 7 heteroatoms. The smallest absolute Gasteiger partial charge is 0.326 e. The van der Waals surface area contributed by atoms with E-state index in [-0.39, 0.29) is 11.8 Å². The minimum Gasteiger partial charge on any atom is -0.480 e. The molecule has 0 spiro atoms. The summed E-state index contributed by atoms with van der Waals surface area (Å²) in [5, 5.41) is 9.07. The number of carboxylic acid groups (broad SMARTS) is 1. The second-order valence-electron chi connectivity index (χ2n) is 4.53. The Balaban J connectivity index is 2.11. The van der Waals surface area contributed by atoms with E-state index < -0.39 is 18.1 Å². The van der Waals surface area contributed by atoms with E-state index in [1.54, 1.807) is 0 Å². The van der Waals surface area contributed by atoms with Gasteiger partial charge in [-0.05, 0) is 12.8 Å². The van der Waals surface area contributed by atoms with Gasteiger partial charge < -0.3 is 14.9 Å². The molecular weight excluding hydrogens is 256 g/mol. The molecule has 2 unspecified atom stereocenters. The van der Waals surface area contributed by atoms with Crippen LogP contribution >= 0.6 is 11.8 Å². The molecule has 0 aromatic heterocycles. The van der Waals surface area contributed by atoms with Gasteiger partial charge in [-0.25, -0.2) is 4.79 Å². The molecule has 0 radical (unpaired) electrons. The van der Waals surface area contributed by atoms with E-state index in [0.717, 1.165) is 0 Å². The van der Waals surface area contributed by atoms with Gasteiger partial charge in [-0.3, -0.25) is 9.59 Å². The van der Waals surface area contributed by atoms with E-state index in [1.807, 2.05) is 0 Å². The zero-order valence-corrected chi connectivity index (χ0v) is 11.0. The summed E-state index contributed by atoms with van der Waals surface area (Å²) in [7, 11) is 0. The van der Waals surface area contributed by atoms with E-state index in [1.165, 1.54) is 28.5 Å². The SMILES string of the molecule is CC(=O)N1CSCC1C(=O)N1CCCC1C(=O)O. The Morgan fingerprint density at radius 2 is 1.94 bits per heavy atom. The molecule has 2 amide bonds. The molecule has 2 atom stereocenters. The van der Waals surface area contributed by atoms with Crippen LogP contribution in [-0.4, -0.2) is 62.9 Å². The van der Waals surface area contributed by atoms with Crippen LogP contribution in [0.15, 0.2) is 0 Å². The van der Waals surface area contributed by atoms with Crippen molar-refractivity contribution >= 4 is 29.5 Å². The molecule has 6 nitrogen and oxygen atoms in total. The molecule has 100 valence electrons. The van der Waals surface area contributed by atoms with E-state index in [4.69, 9.17) is 5.11 Å². The zero-order chi connectivity index (χ0) is 13.3. The van der Waals surface area contributed by atoms with Gasteiger partial charge in [0.15, 0.2) is 0 Å². The van der Waals surface area contributed by atoms with Crippen LogP contribution in [0.1, 0.15) is 19.8 Å². The average molecular weight is 272 g/mol. The average Bonchev–Trinajstić information content (AvgIpc) is 2.97. The Bertz CT molecular complexity index is 353. The van der Waals surface area contributed by atoms with Crippen molar-refractivity contribution < 1.29 is 19.5 Å².